The van der Waals surface area contributed by atoms with E-state index in [2.05, 4.69) is 4.52 Å². The van der Waals surface area contributed by atoms with E-state index in [1.807, 2.05) is 0 Å². The van der Waals surface area contributed by atoms with Crippen molar-refractivity contribution in [2.24, 2.45) is 0 Å². The van der Waals surface area contributed by atoms with Crippen molar-refractivity contribution < 1.29 is 9.09 Å². The molecule has 0 spiro atoms. The molecule has 0 N–H and O–H groups in total. The molecular formula is CH4NaO2P+. The summed E-state index contributed by atoms with van der Waals surface area (Å²) in [5.74, 6) is 0. The van der Waals surface area contributed by atoms with Gasteiger partial charge in [0.1, 0.15) is 0 Å². The summed E-state index contributed by atoms with van der Waals surface area (Å²) >= 11 is 0. The molecule has 0 bridgehead atoms. The molecule has 1 unspecified atom stereocenters. The summed E-state index contributed by atoms with van der Waals surface area (Å²) in [7, 11) is 0.771. The van der Waals surface area contributed by atoms with E-state index >= 15 is 0 Å². The van der Waals surface area contributed by atoms with E-state index < -0.39 is 8.69 Å². The third-order valence-corrected chi connectivity index (χ3v) is 0.250. The van der Waals surface area contributed by atoms with Crippen molar-refractivity contribution in [2.75, 3.05) is 7.11 Å². The quantitative estimate of drug-likeness (QED) is 0.349. The molecule has 0 fully saturated rings. The van der Waals surface area contributed by atoms with E-state index in [4.69, 9.17) is 4.57 Å². The molecule has 0 aromatic rings. The number of hydrogen-bond donors (Lipinski definition) is 0. The first-order valence-electron chi connectivity index (χ1n) is 0.816. The molecular weight excluding hydrogens is 98.0 g/mol. The van der Waals surface area contributed by atoms with Crippen LogP contribution in [0.15, 0.2) is 0 Å². The summed E-state index contributed by atoms with van der Waals surface area (Å²) in [5, 5.41) is 0. The van der Waals surface area contributed by atoms with Crippen LogP contribution in [-0.2, 0) is 9.09 Å². The van der Waals surface area contributed by atoms with Crippen LogP contribution in [0.2, 0.25) is 0 Å². The summed E-state index contributed by atoms with van der Waals surface area (Å²) in [6.45, 7) is 0. The fourth-order valence-corrected chi connectivity index (χ4v) is 0. The first kappa shape index (κ1) is 9.41. The van der Waals surface area contributed by atoms with Crippen molar-refractivity contribution in [3.05, 3.63) is 0 Å². The molecule has 0 aromatic heterocycles. The first-order valence-corrected chi connectivity index (χ1v) is 1.63. The van der Waals surface area contributed by atoms with Gasteiger partial charge < -0.3 is 0 Å². The Morgan fingerprint density at radius 2 is 2.00 bits per heavy atom. The molecule has 0 aromatic carbocycles. The van der Waals surface area contributed by atoms with Gasteiger partial charge in [-0.25, -0.2) is 0 Å². The van der Waals surface area contributed by atoms with Crippen molar-refractivity contribution >= 4 is 38.2 Å². The zero-order chi connectivity index (χ0) is 3.41. The van der Waals surface area contributed by atoms with E-state index in [1.165, 1.54) is 7.11 Å². The molecule has 0 amide bonds. The Bertz CT molecular complexity index is 23.6. The van der Waals surface area contributed by atoms with Crippen LogP contribution in [0.4, 0.5) is 0 Å². The first-order chi connectivity index (χ1) is 1.91. The maximum Gasteiger partial charge on any atom is 0.493 e. The third-order valence-electron chi connectivity index (χ3n) is 0.0833. The van der Waals surface area contributed by atoms with Gasteiger partial charge in [0.2, 0.25) is 0 Å². The van der Waals surface area contributed by atoms with E-state index in [-0.39, 0.29) is 29.6 Å². The van der Waals surface area contributed by atoms with Gasteiger partial charge in [-0.3, -0.25) is 0 Å². The van der Waals surface area contributed by atoms with E-state index in [9.17, 15) is 0 Å². The van der Waals surface area contributed by atoms with Gasteiger partial charge in [0.25, 0.3) is 0 Å². The Morgan fingerprint density at radius 1 is 1.80 bits per heavy atom. The van der Waals surface area contributed by atoms with Gasteiger partial charge in [-0.2, -0.15) is 4.52 Å². The Labute approximate surface area is 54.5 Å². The standard InChI is InChI=1S/CH4O2P.Na/c1-3-4-2;/h4H,1H3;/q+1;. The van der Waals surface area contributed by atoms with Crippen LogP contribution in [0, 0.1) is 0 Å². The normalized spacial score (nSPS) is 6.60. The molecule has 4 heteroatoms. The van der Waals surface area contributed by atoms with Gasteiger partial charge in [-0.05, 0) is 4.57 Å². The van der Waals surface area contributed by atoms with Crippen molar-refractivity contribution in [2.45, 2.75) is 0 Å². The third kappa shape index (κ3) is 11.2. The second-order valence-electron chi connectivity index (χ2n) is 0.287. The van der Waals surface area contributed by atoms with Crippen LogP contribution in [-0.4, -0.2) is 36.7 Å². The molecule has 0 aliphatic rings. The van der Waals surface area contributed by atoms with Crippen molar-refractivity contribution in [1.29, 1.82) is 0 Å². The fourth-order valence-electron chi connectivity index (χ4n) is 0. The van der Waals surface area contributed by atoms with E-state index in [0.717, 1.165) is 0 Å². The second-order valence-corrected chi connectivity index (χ2v) is 0.862. The zero-order valence-electron chi connectivity index (χ0n) is 3.32. The fraction of sp³-hybridized carbons (Fsp3) is 1.00. The van der Waals surface area contributed by atoms with Crippen LogP contribution < -0.4 is 0 Å². The van der Waals surface area contributed by atoms with Gasteiger partial charge >= 0.3 is 8.69 Å². The molecule has 1 radical (unpaired) electrons. The predicted octanol–water partition coefficient (Wildman–Crippen LogP) is 0.191. The molecule has 1 atom stereocenters. The van der Waals surface area contributed by atoms with Crippen LogP contribution in [0.1, 0.15) is 0 Å². The summed E-state index contributed by atoms with van der Waals surface area (Å²) in [6, 6.07) is 0. The van der Waals surface area contributed by atoms with Crippen LogP contribution >= 0.6 is 8.69 Å². The average Bonchev–Trinajstić information content (AvgIpc) is 1.37. The van der Waals surface area contributed by atoms with Crippen LogP contribution in [0.5, 0.6) is 0 Å². The molecule has 0 saturated heterocycles. The minimum absolute atomic E-state index is 0. The van der Waals surface area contributed by atoms with Crippen LogP contribution in [0.3, 0.4) is 0 Å². The average molecular weight is 102 g/mol. The van der Waals surface area contributed by atoms with Crippen molar-refractivity contribution in [3.63, 3.8) is 0 Å². The zero-order valence-corrected chi connectivity index (χ0v) is 6.32. The maximum atomic E-state index is 9.10. The Morgan fingerprint density at radius 3 is 2.00 bits per heavy atom. The molecule has 0 heterocycles. The van der Waals surface area contributed by atoms with Gasteiger partial charge in [0, 0.05) is 29.6 Å². The van der Waals surface area contributed by atoms with Gasteiger partial charge in [0.15, 0.2) is 0 Å². The largest absolute Gasteiger partial charge is 0.493 e. The topological polar surface area (TPSA) is 26.3 Å². The molecule has 0 aliphatic carbocycles. The van der Waals surface area contributed by atoms with Gasteiger partial charge in [0.05, 0.1) is 7.11 Å². The molecule has 25 valence electrons. The maximum absolute atomic E-state index is 9.10. The summed E-state index contributed by atoms with van der Waals surface area (Å²) < 4.78 is 13.1. The van der Waals surface area contributed by atoms with Gasteiger partial charge in [-0.1, -0.05) is 0 Å². The van der Waals surface area contributed by atoms with E-state index in [1.54, 1.807) is 0 Å². The summed E-state index contributed by atoms with van der Waals surface area (Å²) in [5.41, 5.74) is 0. The number of hydrogen-bond acceptors (Lipinski definition) is 2. The molecule has 5 heavy (non-hydrogen) atoms. The smallest absolute Gasteiger partial charge is 0.151 e. The van der Waals surface area contributed by atoms with E-state index in [0.29, 0.717) is 0 Å². The Kier molecular flexibility index (Phi) is 16.8. The SMILES string of the molecule is CO[PH+]=O.[Na]. The Balaban J connectivity index is 0. The minimum atomic E-state index is -0.610. The van der Waals surface area contributed by atoms with Crippen molar-refractivity contribution in [1.82, 2.24) is 0 Å². The molecule has 0 rings (SSSR count). The van der Waals surface area contributed by atoms with Crippen molar-refractivity contribution in [3.8, 4) is 0 Å². The molecule has 0 aliphatic heterocycles. The molecule has 0 saturated carbocycles. The summed E-state index contributed by atoms with van der Waals surface area (Å²) in [4.78, 5) is 0. The predicted molar refractivity (Wildman–Crippen MR) is 21.8 cm³/mol. The van der Waals surface area contributed by atoms with Crippen LogP contribution in [0.25, 0.3) is 0 Å². The number of rotatable bonds is 1. The minimum Gasteiger partial charge on any atom is -0.151 e. The molecule has 2 nitrogen and oxygen atoms in total. The second kappa shape index (κ2) is 8.91. The van der Waals surface area contributed by atoms with Gasteiger partial charge in [-0.15, -0.1) is 0 Å². The Hall–Kier alpha value is 1.06. The summed E-state index contributed by atoms with van der Waals surface area (Å²) in [6.07, 6.45) is 0. The monoisotopic (exact) mass is 102 g/mol.